The van der Waals surface area contributed by atoms with Gasteiger partial charge in [0.05, 0.1) is 17.8 Å². The molecular weight excluding hydrogens is 539 g/mol. The van der Waals surface area contributed by atoms with Crippen LogP contribution in [0.2, 0.25) is 0 Å². The second-order valence-corrected chi connectivity index (χ2v) is 9.69. The van der Waals surface area contributed by atoms with Crippen LogP contribution in [0.3, 0.4) is 0 Å². The number of nitrogens with zero attached hydrogens (tertiary/aromatic N) is 1. The molecule has 8 nitrogen and oxygen atoms in total. The molecule has 1 fully saturated rings. The van der Waals surface area contributed by atoms with E-state index in [0.29, 0.717) is 11.8 Å². The fourth-order valence-electron chi connectivity index (χ4n) is 4.17. The van der Waals surface area contributed by atoms with Crippen LogP contribution in [0.5, 0.6) is 0 Å². The summed E-state index contributed by atoms with van der Waals surface area (Å²) in [6.07, 6.45) is -4.90. The SMILES string of the molecule is C[C@@H](NC(=O)C1CCC(F)(F)CC1)C(=O)N[C@H](Cc1ccccc1)C(=O)C(=O)NCc1ccc(C(F)(F)F)cn1. The molecule has 0 saturated heterocycles. The first-order valence-electron chi connectivity index (χ1n) is 12.6. The zero-order chi connectivity index (χ0) is 29.5. The number of alkyl halides is 5. The van der Waals surface area contributed by atoms with Crippen molar-refractivity contribution in [2.24, 2.45) is 5.92 Å². The Morgan fingerprint density at radius 1 is 1.00 bits per heavy atom. The van der Waals surface area contributed by atoms with Crippen LogP contribution in [-0.2, 0) is 38.3 Å². The summed E-state index contributed by atoms with van der Waals surface area (Å²) in [6.45, 7) is 1.03. The molecule has 0 spiro atoms. The minimum atomic E-state index is -4.57. The average molecular weight is 569 g/mol. The predicted octanol–water partition coefficient (Wildman–Crippen LogP) is 3.34. The van der Waals surface area contributed by atoms with Gasteiger partial charge in [-0.25, -0.2) is 8.78 Å². The van der Waals surface area contributed by atoms with Crippen LogP contribution in [0.4, 0.5) is 22.0 Å². The predicted molar refractivity (Wildman–Crippen MR) is 133 cm³/mol. The number of halogens is 5. The molecule has 2 atom stereocenters. The maximum Gasteiger partial charge on any atom is 0.417 e. The Kier molecular flexibility index (Phi) is 9.93. The highest BCUT2D eigenvalue weighted by Crippen LogP contribution is 2.36. The van der Waals surface area contributed by atoms with Gasteiger partial charge in [-0.05, 0) is 37.5 Å². The Balaban J connectivity index is 1.62. The Hall–Kier alpha value is -3.90. The molecule has 0 bridgehead atoms. The van der Waals surface area contributed by atoms with Gasteiger partial charge < -0.3 is 16.0 Å². The Morgan fingerprint density at radius 3 is 2.23 bits per heavy atom. The highest BCUT2D eigenvalue weighted by Gasteiger charge is 2.38. The number of carbonyl (C=O) groups excluding carboxylic acids is 4. The third-order valence-corrected chi connectivity index (χ3v) is 6.56. The lowest BCUT2D eigenvalue weighted by Gasteiger charge is -2.28. The fraction of sp³-hybridized carbons (Fsp3) is 0.444. The number of carbonyl (C=O) groups is 4. The summed E-state index contributed by atoms with van der Waals surface area (Å²) in [4.78, 5) is 54.6. The molecule has 0 radical (unpaired) electrons. The molecule has 40 heavy (non-hydrogen) atoms. The first-order valence-corrected chi connectivity index (χ1v) is 12.6. The molecule has 3 rings (SSSR count). The van der Waals surface area contributed by atoms with E-state index in [4.69, 9.17) is 0 Å². The van der Waals surface area contributed by atoms with Crippen LogP contribution in [-0.4, -0.2) is 46.5 Å². The summed E-state index contributed by atoms with van der Waals surface area (Å²) in [7, 11) is 0. The number of rotatable bonds is 10. The quantitative estimate of drug-likeness (QED) is 0.300. The summed E-state index contributed by atoms with van der Waals surface area (Å²) in [5, 5.41) is 7.24. The molecule has 1 saturated carbocycles. The van der Waals surface area contributed by atoms with E-state index in [1.54, 1.807) is 30.3 Å². The third-order valence-electron chi connectivity index (χ3n) is 6.56. The molecule has 3 N–H and O–H groups in total. The largest absolute Gasteiger partial charge is 0.417 e. The number of aromatic nitrogens is 1. The number of nitrogens with one attached hydrogen (secondary N) is 3. The van der Waals surface area contributed by atoms with Gasteiger partial charge in [0.1, 0.15) is 12.1 Å². The minimum Gasteiger partial charge on any atom is -0.344 e. The molecule has 1 aliphatic carbocycles. The highest BCUT2D eigenvalue weighted by molar-refractivity contribution is 6.38. The van der Waals surface area contributed by atoms with Crippen LogP contribution in [0.25, 0.3) is 0 Å². The van der Waals surface area contributed by atoms with Crippen LogP contribution in [0.1, 0.15) is 49.4 Å². The summed E-state index contributed by atoms with van der Waals surface area (Å²) >= 11 is 0. The summed E-state index contributed by atoms with van der Waals surface area (Å²) in [6, 6.07) is 7.90. The molecule has 0 aliphatic heterocycles. The third kappa shape index (κ3) is 8.82. The summed E-state index contributed by atoms with van der Waals surface area (Å²) < 4.78 is 65.0. The van der Waals surface area contributed by atoms with Crippen molar-refractivity contribution in [1.82, 2.24) is 20.9 Å². The molecule has 1 aromatic carbocycles. The molecule has 2 aromatic rings. The lowest BCUT2D eigenvalue weighted by atomic mass is 9.86. The van der Waals surface area contributed by atoms with E-state index in [9.17, 15) is 41.1 Å². The maximum atomic E-state index is 13.4. The minimum absolute atomic E-state index is 0.0176. The van der Waals surface area contributed by atoms with Gasteiger partial charge in [0.2, 0.25) is 23.5 Å². The topological polar surface area (TPSA) is 117 Å². The molecular formula is C27H29F5N4O4. The summed E-state index contributed by atoms with van der Waals surface area (Å²) in [5.74, 6) is -6.90. The van der Waals surface area contributed by atoms with E-state index >= 15 is 0 Å². The monoisotopic (exact) mass is 568 g/mol. The van der Waals surface area contributed by atoms with Crippen molar-refractivity contribution in [3.05, 3.63) is 65.5 Å². The zero-order valence-electron chi connectivity index (χ0n) is 21.6. The van der Waals surface area contributed by atoms with Crippen molar-refractivity contribution in [2.75, 3.05) is 0 Å². The lowest BCUT2D eigenvalue weighted by molar-refractivity contribution is -0.140. The van der Waals surface area contributed by atoms with E-state index in [2.05, 4.69) is 20.9 Å². The number of pyridine rings is 1. The van der Waals surface area contributed by atoms with E-state index in [1.807, 2.05) is 0 Å². The standard InChI is InChI=1S/C27H29F5N4O4/c1-16(35-24(39)18-9-11-26(28,29)12-10-18)23(38)36-21(13-17-5-3-2-4-6-17)22(37)25(40)34-15-20-8-7-19(14-33-20)27(30,31)32/h2-8,14,16,18,21H,9-13,15H2,1H3,(H,34,40)(H,35,39)(H,36,38)/t16-,21-/m1/s1. The normalized spacial score (nSPS) is 16.9. The number of Topliss-reactive ketones (excluding diaryl/α,β-unsaturated/α-hetero) is 1. The highest BCUT2D eigenvalue weighted by atomic mass is 19.4. The van der Waals surface area contributed by atoms with Crippen molar-refractivity contribution in [3.8, 4) is 0 Å². The Labute approximate surface area is 227 Å². The van der Waals surface area contributed by atoms with E-state index in [-0.39, 0.29) is 31.5 Å². The molecule has 1 heterocycles. The van der Waals surface area contributed by atoms with Crippen LogP contribution >= 0.6 is 0 Å². The molecule has 216 valence electrons. The maximum absolute atomic E-state index is 13.4. The first kappa shape index (κ1) is 30.6. The van der Waals surface area contributed by atoms with Gasteiger partial charge in [0, 0.05) is 31.4 Å². The number of benzene rings is 1. The zero-order valence-corrected chi connectivity index (χ0v) is 21.6. The molecule has 0 unspecified atom stereocenters. The van der Waals surface area contributed by atoms with Gasteiger partial charge in [-0.1, -0.05) is 30.3 Å². The number of hydrogen-bond acceptors (Lipinski definition) is 5. The van der Waals surface area contributed by atoms with Gasteiger partial charge in [-0.3, -0.25) is 24.2 Å². The molecule has 13 heteroatoms. The average Bonchev–Trinajstić information content (AvgIpc) is 2.91. The number of amides is 3. The Morgan fingerprint density at radius 2 is 1.65 bits per heavy atom. The van der Waals surface area contributed by atoms with E-state index in [1.165, 1.54) is 6.92 Å². The van der Waals surface area contributed by atoms with Gasteiger partial charge in [0.15, 0.2) is 0 Å². The van der Waals surface area contributed by atoms with Crippen molar-refractivity contribution in [3.63, 3.8) is 0 Å². The number of hydrogen-bond donors (Lipinski definition) is 3. The lowest BCUT2D eigenvalue weighted by Crippen LogP contribution is -2.54. The van der Waals surface area contributed by atoms with Crippen LogP contribution in [0, 0.1) is 5.92 Å². The first-order chi connectivity index (χ1) is 18.7. The summed E-state index contributed by atoms with van der Waals surface area (Å²) in [5.41, 5.74) is -0.264. The van der Waals surface area contributed by atoms with E-state index < -0.39 is 72.0 Å². The fourth-order valence-corrected chi connectivity index (χ4v) is 4.17. The van der Waals surface area contributed by atoms with Crippen LogP contribution < -0.4 is 16.0 Å². The van der Waals surface area contributed by atoms with Crippen molar-refractivity contribution in [1.29, 1.82) is 0 Å². The van der Waals surface area contributed by atoms with Crippen molar-refractivity contribution in [2.45, 2.75) is 69.8 Å². The van der Waals surface area contributed by atoms with Gasteiger partial charge in [-0.2, -0.15) is 13.2 Å². The van der Waals surface area contributed by atoms with E-state index in [0.717, 1.165) is 12.1 Å². The molecule has 1 aromatic heterocycles. The molecule has 3 amide bonds. The van der Waals surface area contributed by atoms with Crippen molar-refractivity contribution >= 4 is 23.5 Å². The van der Waals surface area contributed by atoms with Crippen LogP contribution in [0.15, 0.2) is 48.7 Å². The second-order valence-electron chi connectivity index (χ2n) is 9.69. The van der Waals surface area contributed by atoms with Gasteiger partial charge in [-0.15, -0.1) is 0 Å². The number of ketones is 1. The van der Waals surface area contributed by atoms with Gasteiger partial charge >= 0.3 is 6.18 Å². The second kappa shape index (κ2) is 13.0. The molecule has 1 aliphatic rings. The Bertz CT molecular complexity index is 1200. The van der Waals surface area contributed by atoms with Gasteiger partial charge in [0.25, 0.3) is 5.91 Å². The smallest absolute Gasteiger partial charge is 0.344 e. The van der Waals surface area contributed by atoms with Crippen molar-refractivity contribution < 1.29 is 41.1 Å².